The van der Waals surface area contributed by atoms with Crippen molar-refractivity contribution in [1.29, 1.82) is 0 Å². The van der Waals surface area contributed by atoms with E-state index in [1.807, 2.05) is 12.1 Å². The number of rotatable bonds is 6. The largest absolute Gasteiger partial charge is 0.296 e. The Balaban J connectivity index is 1.56. The fourth-order valence-electron chi connectivity index (χ4n) is 3.95. The van der Waals surface area contributed by atoms with Gasteiger partial charge in [0.2, 0.25) is 5.91 Å². The highest BCUT2D eigenvalue weighted by atomic mass is 16.5. The average Bonchev–Trinajstić information content (AvgIpc) is 2.67. The SMILES string of the molecule is CC1CN(Cc2ccc(CC(=O)NO)cc2)CC(C)N1Cc1ccccc1. The van der Waals surface area contributed by atoms with Crippen molar-refractivity contribution in [3.8, 4) is 0 Å². The number of carbonyl (C=O) groups excluding carboxylic acids is 1. The van der Waals surface area contributed by atoms with Crippen molar-refractivity contribution in [2.75, 3.05) is 13.1 Å². The first-order valence-electron chi connectivity index (χ1n) is 9.58. The molecular formula is C22H29N3O2. The summed E-state index contributed by atoms with van der Waals surface area (Å²) in [6, 6.07) is 19.8. The average molecular weight is 367 g/mol. The third-order valence-corrected chi connectivity index (χ3v) is 5.30. The lowest BCUT2D eigenvalue weighted by atomic mass is 10.0. The molecule has 1 heterocycles. The number of hydroxylamine groups is 1. The van der Waals surface area contributed by atoms with Gasteiger partial charge in [0.05, 0.1) is 6.42 Å². The Hall–Kier alpha value is -2.21. The van der Waals surface area contributed by atoms with Gasteiger partial charge >= 0.3 is 0 Å². The summed E-state index contributed by atoms with van der Waals surface area (Å²) in [7, 11) is 0. The summed E-state index contributed by atoms with van der Waals surface area (Å²) in [6.45, 7) is 8.63. The maximum Gasteiger partial charge on any atom is 0.247 e. The topological polar surface area (TPSA) is 55.8 Å². The Labute approximate surface area is 161 Å². The van der Waals surface area contributed by atoms with Gasteiger partial charge in [0.15, 0.2) is 0 Å². The second-order valence-electron chi connectivity index (χ2n) is 7.58. The molecule has 2 N–H and O–H groups in total. The monoisotopic (exact) mass is 367 g/mol. The molecule has 144 valence electrons. The summed E-state index contributed by atoms with van der Waals surface area (Å²) >= 11 is 0. The molecule has 2 aromatic rings. The molecule has 2 aromatic carbocycles. The molecule has 0 aliphatic carbocycles. The number of amides is 1. The van der Waals surface area contributed by atoms with Gasteiger partial charge in [-0.15, -0.1) is 0 Å². The number of carbonyl (C=O) groups is 1. The molecule has 3 rings (SSSR count). The van der Waals surface area contributed by atoms with E-state index in [0.29, 0.717) is 12.1 Å². The Morgan fingerprint density at radius 3 is 2.07 bits per heavy atom. The molecule has 5 nitrogen and oxygen atoms in total. The molecule has 0 aromatic heterocycles. The molecule has 27 heavy (non-hydrogen) atoms. The second-order valence-corrected chi connectivity index (χ2v) is 7.58. The van der Waals surface area contributed by atoms with E-state index in [1.165, 1.54) is 11.1 Å². The number of piperazine rings is 1. The van der Waals surface area contributed by atoms with Crippen LogP contribution in [-0.2, 0) is 24.3 Å². The molecule has 1 aliphatic heterocycles. The third kappa shape index (κ3) is 5.39. The lowest BCUT2D eigenvalue weighted by molar-refractivity contribution is -0.128. The van der Waals surface area contributed by atoms with Crippen molar-refractivity contribution in [2.24, 2.45) is 0 Å². The summed E-state index contributed by atoms with van der Waals surface area (Å²) in [5.41, 5.74) is 5.19. The lowest BCUT2D eigenvalue weighted by Gasteiger charge is -2.44. The quantitative estimate of drug-likeness (QED) is 0.609. The zero-order chi connectivity index (χ0) is 19.2. The first kappa shape index (κ1) is 19.5. The standard InChI is InChI=1S/C22H29N3O2/c1-17-13-24(14-18(2)25(17)16-20-6-4-3-5-7-20)15-21-10-8-19(9-11-21)12-22(26)23-27/h3-11,17-18,27H,12-16H2,1-2H3,(H,23,26). The van der Waals surface area contributed by atoms with Crippen LogP contribution < -0.4 is 5.48 Å². The molecule has 0 radical (unpaired) electrons. The summed E-state index contributed by atoms with van der Waals surface area (Å²) in [4.78, 5) is 16.3. The Kier molecular flexibility index (Phi) is 6.61. The zero-order valence-corrected chi connectivity index (χ0v) is 16.1. The predicted molar refractivity (Wildman–Crippen MR) is 106 cm³/mol. The number of hydrogen-bond donors (Lipinski definition) is 2. The fraction of sp³-hybridized carbons (Fsp3) is 0.409. The van der Waals surface area contributed by atoms with E-state index in [4.69, 9.17) is 5.21 Å². The van der Waals surface area contributed by atoms with E-state index in [2.05, 4.69) is 66.1 Å². The molecule has 2 unspecified atom stereocenters. The van der Waals surface area contributed by atoms with Crippen LogP contribution in [0.4, 0.5) is 0 Å². The van der Waals surface area contributed by atoms with Crippen molar-refractivity contribution in [3.05, 3.63) is 71.3 Å². The van der Waals surface area contributed by atoms with Crippen LogP contribution in [0.5, 0.6) is 0 Å². The van der Waals surface area contributed by atoms with Crippen molar-refractivity contribution >= 4 is 5.91 Å². The molecule has 0 bridgehead atoms. The van der Waals surface area contributed by atoms with E-state index in [9.17, 15) is 4.79 Å². The summed E-state index contributed by atoms with van der Waals surface area (Å²) in [6.07, 6.45) is 0.197. The molecular weight excluding hydrogens is 338 g/mol. The van der Waals surface area contributed by atoms with Crippen LogP contribution in [0, 0.1) is 0 Å². The van der Waals surface area contributed by atoms with Crippen LogP contribution in [0.1, 0.15) is 30.5 Å². The van der Waals surface area contributed by atoms with E-state index in [0.717, 1.165) is 31.7 Å². The van der Waals surface area contributed by atoms with E-state index < -0.39 is 0 Å². The first-order valence-corrected chi connectivity index (χ1v) is 9.58. The minimum atomic E-state index is -0.389. The normalized spacial score (nSPS) is 21.1. The van der Waals surface area contributed by atoms with Crippen LogP contribution in [0.15, 0.2) is 54.6 Å². The fourth-order valence-corrected chi connectivity index (χ4v) is 3.95. The van der Waals surface area contributed by atoms with E-state index in [-0.39, 0.29) is 12.3 Å². The van der Waals surface area contributed by atoms with Crippen LogP contribution in [0.3, 0.4) is 0 Å². The van der Waals surface area contributed by atoms with Gasteiger partial charge in [0.1, 0.15) is 0 Å². The summed E-state index contributed by atoms with van der Waals surface area (Å²) in [5, 5.41) is 8.62. The highest BCUT2D eigenvalue weighted by Gasteiger charge is 2.29. The number of nitrogens with one attached hydrogen (secondary N) is 1. The van der Waals surface area contributed by atoms with Crippen LogP contribution in [0.2, 0.25) is 0 Å². The minimum absolute atomic E-state index is 0.197. The van der Waals surface area contributed by atoms with Gasteiger partial charge in [-0.05, 0) is 30.5 Å². The second kappa shape index (κ2) is 9.13. The first-order chi connectivity index (χ1) is 13.0. The van der Waals surface area contributed by atoms with Gasteiger partial charge < -0.3 is 0 Å². The highest BCUT2D eigenvalue weighted by Crippen LogP contribution is 2.20. The lowest BCUT2D eigenvalue weighted by Crippen LogP contribution is -2.55. The minimum Gasteiger partial charge on any atom is -0.296 e. The molecule has 0 spiro atoms. The van der Waals surface area contributed by atoms with Gasteiger partial charge in [0.25, 0.3) is 0 Å². The van der Waals surface area contributed by atoms with Crippen molar-refractivity contribution in [2.45, 2.75) is 45.4 Å². The Morgan fingerprint density at radius 2 is 1.48 bits per heavy atom. The molecule has 0 saturated carbocycles. The van der Waals surface area contributed by atoms with Gasteiger partial charge in [0, 0.05) is 38.3 Å². The van der Waals surface area contributed by atoms with Crippen molar-refractivity contribution in [1.82, 2.24) is 15.3 Å². The predicted octanol–water partition coefficient (Wildman–Crippen LogP) is 2.83. The molecule has 1 aliphatic rings. The van der Waals surface area contributed by atoms with E-state index >= 15 is 0 Å². The van der Waals surface area contributed by atoms with Crippen molar-refractivity contribution < 1.29 is 10.0 Å². The smallest absolute Gasteiger partial charge is 0.247 e. The van der Waals surface area contributed by atoms with E-state index in [1.54, 1.807) is 5.48 Å². The third-order valence-electron chi connectivity index (χ3n) is 5.30. The zero-order valence-electron chi connectivity index (χ0n) is 16.1. The molecule has 1 amide bonds. The Morgan fingerprint density at radius 1 is 0.926 bits per heavy atom. The van der Waals surface area contributed by atoms with Crippen LogP contribution in [-0.4, -0.2) is 46.1 Å². The molecule has 1 saturated heterocycles. The van der Waals surface area contributed by atoms with Gasteiger partial charge in [-0.25, -0.2) is 5.48 Å². The van der Waals surface area contributed by atoms with Crippen LogP contribution >= 0.6 is 0 Å². The highest BCUT2D eigenvalue weighted by molar-refractivity contribution is 5.77. The van der Waals surface area contributed by atoms with Gasteiger partial charge in [-0.2, -0.15) is 0 Å². The summed E-state index contributed by atoms with van der Waals surface area (Å²) in [5.74, 6) is -0.389. The number of benzene rings is 2. The van der Waals surface area contributed by atoms with Crippen LogP contribution in [0.25, 0.3) is 0 Å². The molecule has 2 atom stereocenters. The van der Waals surface area contributed by atoms with Gasteiger partial charge in [-0.1, -0.05) is 54.6 Å². The Bertz CT molecular complexity index is 721. The molecule has 5 heteroatoms. The maximum atomic E-state index is 11.2. The summed E-state index contributed by atoms with van der Waals surface area (Å²) < 4.78 is 0. The number of nitrogens with zero attached hydrogens (tertiary/aromatic N) is 2. The van der Waals surface area contributed by atoms with Crippen molar-refractivity contribution in [3.63, 3.8) is 0 Å². The van der Waals surface area contributed by atoms with Gasteiger partial charge in [-0.3, -0.25) is 19.8 Å². The number of hydrogen-bond acceptors (Lipinski definition) is 4. The molecule has 1 fully saturated rings. The maximum absolute atomic E-state index is 11.2.